The van der Waals surface area contributed by atoms with Gasteiger partial charge in [-0.1, -0.05) is 18.2 Å². The molecule has 1 unspecified atom stereocenters. The molecule has 2 aromatic rings. The smallest absolute Gasteiger partial charge is 0.370 e. The van der Waals surface area contributed by atoms with Crippen molar-refractivity contribution in [3.8, 4) is 11.8 Å². The van der Waals surface area contributed by atoms with Gasteiger partial charge in [-0.2, -0.15) is 18.8 Å². The number of nitriles is 1. The summed E-state index contributed by atoms with van der Waals surface area (Å²) in [5.74, 6) is -0.0662. The maximum Gasteiger partial charge on any atom is 0.380 e. The number of halogens is 1. The Morgan fingerprint density at radius 1 is 1.19 bits per heavy atom. The van der Waals surface area contributed by atoms with Gasteiger partial charge in [-0.3, -0.25) is 4.99 Å². The zero-order chi connectivity index (χ0) is 18.7. The Bertz CT molecular complexity index is 1010. The summed E-state index contributed by atoms with van der Waals surface area (Å²) >= 11 is 3.31. The number of nitrogens with two attached hydrogens (primary N) is 1. The molecule has 0 spiro atoms. The van der Waals surface area contributed by atoms with E-state index < -0.39 is 10.3 Å². The lowest BCUT2D eigenvalue weighted by molar-refractivity contribution is 0.486. The first-order valence-electron chi connectivity index (χ1n) is 7.44. The van der Waals surface area contributed by atoms with Crippen molar-refractivity contribution in [1.82, 2.24) is 0 Å². The third-order valence-corrected chi connectivity index (χ3v) is 4.84. The predicted octanol–water partition coefficient (Wildman–Crippen LogP) is 2.52. The van der Waals surface area contributed by atoms with Crippen LogP contribution in [0.2, 0.25) is 0 Å². The van der Waals surface area contributed by atoms with Crippen molar-refractivity contribution in [2.45, 2.75) is 12.0 Å². The summed E-state index contributed by atoms with van der Waals surface area (Å²) in [6.45, 7) is 0. The summed E-state index contributed by atoms with van der Waals surface area (Å²) in [5, 5.41) is 13.9. The Morgan fingerprint density at radius 3 is 2.42 bits per heavy atom. The molecule has 26 heavy (non-hydrogen) atoms. The van der Waals surface area contributed by atoms with E-state index in [0.717, 1.165) is 11.1 Å². The van der Waals surface area contributed by atoms with Crippen LogP contribution in [-0.2, 0) is 10.3 Å². The summed E-state index contributed by atoms with van der Waals surface area (Å²) in [5.41, 5.74) is 2.39. The van der Waals surface area contributed by atoms with Crippen LogP contribution in [0.25, 0.3) is 0 Å². The highest BCUT2D eigenvalue weighted by atomic mass is 79.9. The summed E-state index contributed by atoms with van der Waals surface area (Å²) in [4.78, 5) is 8.43. The van der Waals surface area contributed by atoms with Gasteiger partial charge in [0.2, 0.25) is 0 Å². The van der Waals surface area contributed by atoms with Gasteiger partial charge in [0.1, 0.15) is 6.34 Å². The largest absolute Gasteiger partial charge is 0.380 e. The zero-order valence-corrected chi connectivity index (χ0v) is 15.7. The van der Waals surface area contributed by atoms with Crippen molar-refractivity contribution in [2.75, 3.05) is 0 Å². The van der Waals surface area contributed by atoms with Gasteiger partial charge in [-0.15, -0.1) is 0 Å². The molecule has 2 atom stereocenters. The van der Waals surface area contributed by atoms with Crippen LogP contribution in [0.5, 0.6) is 5.75 Å². The van der Waals surface area contributed by atoms with Crippen molar-refractivity contribution in [1.29, 1.82) is 5.26 Å². The summed E-state index contributed by atoms with van der Waals surface area (Å²) < 4.78 is 27.5. The quantitative estimate of drug-likeness (QED) is 0.780. The van der Waals surface area contributed by atoms with E-state index >= 15 is 0 Å². The lowest BCUT2D eigenvalue weighted by atomic mass is 9.85. The van der Waals surface area contributed by atoms with Gasteiger partial charge < -0.3 is 4.18 Å². The fourth-order valence-corrected chi connectivity index (χ4v) is 3.69. The topological polar surface area (TPSA) is 118 Å². The van der Waals surface area contributed by atoms with E-state index in [-0.39, 0.29) is 17.7 Å². The molecule has 1 aliphatic heterocycles. The molecule has 1 heterocycles. The lowest BCUT2D eigenvalue weighted by Gasteiger charge is -2.21. The van der Waals surface area contributed by atoms with Gasteiger partial charge in [-0.05, 0) is 51.3 Å². The summed E-state index contributed by atoms with van der Waals surface area (Å²) in [7, 11) is -4.11. The molecule has 0 saturated carbocycles. The monoisotopic (exact) mass is 432 g/mol. The van der Waals surface area contributed by atoms with Crippen LogP contribution in [0.3, 0.4) is 0 Å². The van der Waals surface area contributed by atoms with Gasteiger partial charge in [0.05, 0.1) is 22.1 Å². The van der Waals surface area contributed by atoms with E-state index in [2.05, 4.69) is 32.0 Å². The van der Waals surface area contributed by atoms with Crippen LogP contribution in [0.15, 0.2) is 56.9 Å². The van der Waals surface area contributed by atoms with Gasteiger partial charge in [0, 0.05) is 12.1 Å². The highest BCUT2D eigenvalue weighted by Gasteiger charge is 2.25. The molecule has 1 aliphatic rings. The minimum atomic E-state index is -4.11. The van der Waals surface area contributed by atoms with E-state index in [0.29, 0.717) is 10.0 Å². The van der Waals surface area contributed by atoms with E-state index in [4.69, 9.17) is 14.6 Å². The highest BCUT2D eigenvalue weighted by Crippen LogP contribution is 2.35. The molecule has 132 valence electrons. The van der Waals surface area contributed by atoms with Gasteiger partial charge in [-0.25, -0.2) is 4.99 Å². The Hall–Kier alpha value is -2.54. The first-order valence-corrected chi connectivity index (χ1v) is 9.70. The molecule has 7 nitrogen and oxygen atoms in total. The number of aliphatic imine (C=N–C) groups is 2. The average molecular weight is 433 g/mol. The van der Waals surface area contributed by atoms with E-state index in [1.165, 1.54) is 12.4 Å². The van der Waals surface area contributed by atoms with Crippen LogP contribution in [-0.4, -0.2) is 27.0 Å². The molecule has 0 amide bonds. The normalized spacial score (nSPS) is 17.0. The molecule has 9 heteroatoms. The van der Waals surface area contributed by atoms with E-state index in [1.54, 1.807) is 30.5 Å². The minimum absolute atomic E-state index is 0.0958. The molecule has 0 saturated heterocycles. The Labute approximate surface area is 159 Å². The standard InChI is InChI=1S/C17H13BrN4O3S/c18-14-7-13(5-6-16(14)25-26(20,23)24)17(15-9-21-10-22-15)12-3-1-11(8-19)2-4-12/h1-7,9-10,15,17H,(H2,20,23,24)/t15?,17-/m0/s1. The van der Waals surface area contributed by atoms with Crippen LogP contribution < -0.4 is 9.32 Å². The second-order valence-corrected chi connectivity index (χ2v) is 7.54. The lowest BCUT2D eigenvalue weighted by Crippen LogP contribution is -2.20. The molecule has 3 rings (SSSR count). The third-order valence-electron chi connectivity index (χ3n) is 3.81. The minimum Gasteiger partial charge on any atom is -0.370 e. The number of benzene rings is 2. The van der Waals surface area contributed by atoms with Crippen molar-refractivity contribution in [2.24, 2.45) is 15.1 Å². The second kappa shape index (κ2) is 7.37. The van der Waals surface area contributed by atoms with E-state index in [1.807, 2.05) is 12.1 Å². The maximum atomic E-state index is 11.1. The molecular formula is C17H13BrN4O3S. The summed E-state index contributed by atoms with van der Waals surface area (Å²) in [6, 6.07) is 14.1. The van der Waals surface area contributed by atoms with Crippen molar-refractivity contribution < 1.29 is 12.6 Å². The molecule has 0 bridgehead atoms. The Morgan fingerprint density at radius 2 is 1.88 bits per heavy atom. The molecule has 0 fully saturated rings. The second-order valence-electron chi connectivity index (χ2n) is 5.53. The van der Waals surface area contributed by atoms with Crippen molar-refractivity contribution in [3.63, 3.8) is 0 Å². The maximum absolute atomic E-state index is 11.1. The van der Waals surface area contributed by atoms with E-state index in [9.17, 15) is 8.42 Å². The van der Waals surface area contributed by atoms with Crippen LogP contribution in [0.4, 0.5) is 0 Å². The van der Waals surface area contributed by atoms with Gasteiger partial charge >= 0.3 is 10.3 Å². The fourth-order valence-electron chi connectivity index (χ4n) is 2.71. The van der Waals surface area contributed by atoms with Crippen molar-refractivity contribution in [3.05, 3.63) is 63.6 Å². The first-order chi connectivity index (χ1) is 12.4. The molecule has 2 aromatic carbocycles. The number of hydrogen-bond acceptors (Lipinski definition) is 6. The number of rotatable bonds is 5. The zero-order valence-electron chi connectivity index (χ0n) is 13.3. The third kappa shape index (κ3) is 4.16. The number of nitrogens with zero attached hydrogens (tertiary/aromatic N) is 3. The molecule has 0 radical (unpaired) electrons. The Kier molecular flexibility index (Phi) is 5.18. The van der Waals surface area contributed by atoms with Crippen molar-refractivity contribution >= 4 is 38.8 Å². The van der Waals surface area contributed by atoms with Crippen LogP contribution in [0.1, 0.15) is 22.6 Å². The number of hydrogen-bond donors (Lipinski definition) is 1. The summed E-state index contributed by atoms with van der Waals surface area (Å²) in [6.07, 6.45) is 3.24. The average Bonchev–Trinajstić information content (AvgIpc) is 3.11. The SMILES string of the molecule is N#Cc1ccc([C@@H](c2ccc(OS(N)(=O)=O)c(Br)c2)C2C=NC=N2)cc1. The molecular weight excluding hydrogens is 420 g/mol. The van der Waals surface area contributed by atoms with Crippen LogP contribution >= 0.6 is 15.9 Å². The molecule has 2 N–H and O–H groups in total. The Balaban J connectivity index is 2.02. The van der Waals surface area contributed by atoms with Crippen LogP contribution in [0, 0.1) is 11.3 Å². The predicted molar refractivity (Wildman–Crippen MR) is 102 cm³/mol. The fraction of sp³-hybridized carbons (Fsp3) is 0.118. The van der Waals surface area contributed by atoms with Gasteiger partial charge in [0.15, 0.2) is 5.75 Å². The molecule has 0 aliphatic carbocycles. The highest BCUT2D eigenvalue weighted by molar-refractivity contribution is 9.10. The molecule has 0 aromatic heterocycles. The van der Waals surface area contributed by atoms with Gasteiger partial charge in [0.25, 0.3) is 0 Å². The first kappa shape index (κ1) is 18.3.